The Morgan fingerprint density at radius 3 is 2.69 bits per heavy atom. The lowest BCUT2D eigenvalue weighted by Gasteiger charge is -2.12. The highest BCUT2D eigenvalue weighted by Crippen LogP contribution is 2.16. The van der Waals surface area contributed by atoms with E-state index in [1.54, 1.807) is 20.4 Å². The second-order valence-corrected chi connectivity index (χ2v) is 6.32. The highest BCUT2D eigenvalue weighted by Gasteiger charge is 2.03. The highest BCUT2D eigenvalue weighted by atomic mass is 127. The van der Waals surface area contributed by atoms with E-state index in [4.69, 9.17) is 4.74 Å². The van der Waals surface area contributed by atoms with E-state index in [1.807, 2.05) is 24.3 Å². The third-order valence-electron chi connectivity index (χ3n) is 3.62. The first-order valence-corrected chi connectivity index (χ1v) is 8.79. The number of hydrogen-bond donors (Lipinski definition) is 2. The van der Waals surface area contributed by atoms with Crippen molar-refractivity contribution in [1.29, 1.82) is 0 Å². The van der Waals surface area contributed by atoms with Crippen LogP contribution in [0.5, 0.6) is 5.88 Å². The van der Waals surface area contributed by atoms with Crippen molar-refractivity contribution in [1.82, 2.24) is 15.6 Å². The number of nitrogens with one attached hydrogen (secondary N) is 2. The third kappa shape index (κ3) is 7.45. The summed E-state index contributed by atoms with van der Waals surface area (Å²) in [5, 5.41) is 6.44. The molecule has 0 aliphatic rings. The van der Waals surface area contributed by atoms with Gasteiger partial charge in [-0.3, -0.25) is 4.99 Å². The van der Waals surface area contributed by atoms with Crippen LogP contribution < -0.4 is 15.4 Å². The van der Waals surface area contributed by atoms with E-state index in [1.165, 1.54) is 6.07 Å². The number of halogens is 3. The molecule has 0 amide bonds. The molecule has 0 radical (unpaired) electrons. The number of guanidine groups is 1. The van der Waals surface area contributed by atoms with Crippen LogP contribution in [0.2, 0.25) is 0 Å². The molecule has 2 N–H and O–H groups in total. The van der Waals surface area contributed by atoms with E-state index in [-0.39, 0.29) is 29.8 Å². The van der Waals surface area contributed by atoms with E-state index in [0.717, 1.165) is 22.0 Å². The molecule has 142 valence electrons. The number of rotatable bonds is 7. The van der Waals surface area contributed by atoms with Crippen molar-refractivity contribution in [3.63, 3.8) is 0 Å². The molecule has 26 heavy (non-hydrogen) atoms. The molecule has 0 aliphatic heterocycles. The molecule has 1 heterocycles. The zero-order valence-corrected chi connectivity index (χ0v) is 18.7. The van der Waals surface area contributed by atoms with Gasteiger partial charge in [-0.25, -0.2) is 9.37 Å². The Hall–Kier alpha value is -1.42. The van der Waals surface area contributed by atoms with Crippen LogP contribution in [0.25, 0.3) is 0 Å². The molecule has 0 saturated carbocycles. The fourth-order valence-corrected chi connectivity index (χ4v) is 2.59. The van der Waals surface area contributed by atoms with Crippen LogP contribution in [0.4, 0.5) is 4.39 Å². The average molecular weight is 537 g/mol. The van der Waals surface area contributed by atoms with Crippen LogP contribution in [0.1, 0.15) is 17.5 Å². The number of aliphatic imine (C=N–C) groups is 1. The molecule has 8 heteroatoms. The van der Waals surface area contributed by atoms with Crippen molar-refractivity contribution >= 4 is 45.9 Å². The second-order valence-electron chi connectivity index (χ2n) is 5.40. The highest BCUT2D eigenvalue weighted by molar-refractivity contribution is 14.0. The largest absolute Gasteiger partial charge is 0.481 e. The first-order valence-electron chi connectivity index (χ1n) is 7.99. The fourth-order valence-electron chi connectivity index (χ4n) is 2.25. The van der Waals surface area contributed by atoms with Crippen molar-refractivity contribution < 1.29 is 9.13 Å². The average Bonchev–Trinajstić information content (AvgIpc) is 2.63. The molecule has 0 fully saturated rings. The van der Waals surface area contributed by atoms with Gasteiger partial charge in [0.15, 0.2) is 5.96 Å². The van der Waals surface area contributed by atoms with Gasteiger partial charge in [0, 0.05) is 36.9 Å². The van der Waals surface area contributed by atoms with Crippen molar-refractivity contribution in [2.24, 2.45) is 4.99 Å². The van der Waals surface area contributed by atoms with Crippen LogP contribution >= 0.6 is 39.9 Å². The van der Waals surface area contributed by atoms with Crippen LogP contribution in [-0.2, 0) is 13.0 Å². The third-order valence-corrected chi connectivity index (χ3v) is 4.11. The Kier molecular flexibility index (Phi) is 10.5. The number of aryl methyl sites for hydroxylation is 1. The van der Waals surface area contributed by atoms with Crippen molar-refractivity contribution in [3.05, 3.63) is 57.9 Å². The predicted octanol–water partition coefficient (Wildman–Crippen LogP) is 3.91. The van der Waals surface area contributed by atoms with Gasteiger partial charge >= 0.3 is 0 Å². The number of pyridine rings is 1. The summed E-state index contributed by atoms with van der Waals surface area (Å²) in [6, 6.07) is 8.92. The van der Waals surface area contributed by atoms with E-state index in [0.29, 0.717) is 31.3 Å². The maximum atomic E-state index is 13.8. The lowest BCUT2D eigenvalue weighted by Crippen LogP contribution is -2.37. The van der Waals surface area contributed by atoms with E-state index in [2.05, 4.69) is 36.5 Å². The number of methoxy groups -OCH3 is 1. The van der Waals surface area contributed by atoms with Crippen molar-refractivity contribution in [3.8, 4) is 5.88 Å². The molecular formula is C18H23BrFIN4O. The van der Waals surface area contributed by atoms with Crippen LogP contribution in [0, 0.1) is 5.82 Å². The summed E-state index contributed by atoms with van der Waals surface area (Å²) < 4.78 is 19.6. The Morgan fingerprint density at radius 2 is 2.08 bits per heavy atom. The maximum Gasteiger partial charge on any atom is 0.212 e. The number of benzene rings is 1. The molecule has 2 rings (SSSR count). The van der Waals surface area contributed by atoms with Gasteiger partial charge < -0.3 is 15.4 Å². The first-order chi connectivity index (χ1) is 12.1. The Morgan fingerprint density at radius 1 is 1.27 bits per heavy atom. The van der Waals surface area contributed by atoms with Gasteiger partial charge in [0.1, 0.15) is 5.82 Å². The summed E-state index contributed by atoms with van der Waals surface area (Å²) in [5.41, 5.74) is 1.75. The monoisotopic (exact) mass is 536 g/mol. The fraction of sp³-hybridized carbons (Fsp3) is 0.333. The molecule has 0 bridgehead atoms. The van der Waals surface area contributed by atoms with Gasteiger partial charge in [-0.1, -0.05) is 28.1 Å². The van der Waals surface area contributed by atoms with E-state index < -0.39 is 0 Å². The SMILES string of the molecule is CN=C(NCCCc1ccc(Br)cc1F)NCc1ccc(OC)nc1.I. The molecule has 1 aromatic heterocycles. The molecule has 2 aromatic rings. The van der Waals surface area contributed by atoms with Crippen molar-refractivity contribution in [2.45, 2.75) is 19.4 Å². The summed E-state index contributed by atoms with van der Waals surface area (Å²) in [5.74, 6) is 1.11. The molecule has 0 saturated heterocycles. The standard InChI is InChI=1S/C18H22BrFN4O.HI/c1-21-18(24-12-13-5-8-17(25-2)23-11-13)22-9-3-4-14-6-7-15(19)10-16(14)20;/h5-8,10-11H,3-4,9,12H2,1-2H3,(H2,21,22,24);1H. The van der Waals surface area contributed by atoms with Gasteiger partial charge in [-0.2, -0.15) is 0 Å². The number of ether oxygens (including phenoxy) is 1. The molecule has 0 aliphatic carbocycles. The van der Waals surface area contributed by atoms with Crippen LogP contribution in [0.3, 0.4) is 0 Å². The van der Waals surface area contributed by atoms with E-state index in [9.17, 15) is 4.39 Å². The lowest BCUT2D eigenvalue weighted by atomic mass is 10.1. The zero-order chi connectivity index (χ0) is 18.1. The first kappa shape index (κ1) is 22.6. The van der Waals surface area contributed by atoms with Gasteiger partial charge in [-0.15, -0.1) is 24.0 Å². The van der Waals surface area contributed by atoms with E-state index >= 15 is 0 Å². The Balaban J connectivity index is 0.00000338. The van der Waals surface area contributed by atoms with Crippen LogP contribution in [0.15, 0.2) is 46.0 Å². The quantitative estimate of drug-likeness (QED) is 0.244. The summed E-state index contributed by atoms with van der Waals surface area (Å²) >= 11 is 3.26. The number of aromatic nitrogens is 1. The molecule has 0 unspecified atom stereocenters. The molecule has 1 aromatic carbocycles. The molecular weight excluding hydrogens is 514 g/mol. The van der Waals surface area contributed by atoms with Gasteiger partial charge in [0.2, 0.25) is 5.88 Å². The van der Waals surface area contributed by atoms with Gasteiger partial charge in [0.05, 0.1) is 7.11 Å². The lowest BCUT2D eigenvalue weighted by molar-refractivity contribution is 0.397. The minimum atomic E-state index is -0.177. The second kappa shape index (κ2) is 12.1. The van der Waals surface area contributed by atoms with Gasteiger partial charge in [0.25, 0.3) is 0 Å². The Labute approximate surface area is 179 Å². The smallest absolute Gasteiger partial charge is 0.212 e. The topological polar surface area (TPSA) is 58.5 Å². The minimum absolute atomic E-state index is 0. The van der Waals surface area contributed by atoms with Crippen LogP contribution in [-0.4, -0.2) is 31.6 Å². The van der Waals surface area contributed by atoms with Gasteiger partial charge in [-0.05, 0) is 36.1 Å². The maximum absolute atomic E-state index is 13.8. The predicted molar refractivity (Wildman–Crippen MR) is 117 cm³/mol. The summed E-state index contributed by atoms with van der Waals surface area (Å²) in [7, 11) is 3.31. The Bertz CT molecular complexity index is 713. The summed E-state index contributed by atoms with van der Waals surface area (Å²) in [6.45, 7) is 1.31. The molecule has 0 atom stereocenters. The summed E-state index contributed by atoms with van der Waals surface area (Å²) in [6.07, 6.45) is 3.24. The summed E-state index contributed by atoms with van der Waals surface area (Å²) in [4.78, 5) is 8.34. The zero-order valence-electron chi connectivity index (χ0n) is 14.8. The number of hydrogen-bond acceptors (Lipinski definition) is 3. The van der Waals surface area contributed by atoms with Crippen molar-refractivity contribution in [2.75, 3.05) is 20.7 Å². The molecule has 5 nitrogen and oxygen atoms in total. The number of nitrogens with zero attached hydrogens (tertiary/aromatic N) is 2. The normalized spacial score (nSPS) is 10.8. The molecule has 0 spiro atoms. The minimum Gasteiger partial charge on any atom is -0.481 e.